The first-order valence-corrected chi connectivity index (χ1v) is 6.61. The maximum absolute atomic E-state index is 5.67. The minimum atomic E-state index is 0.0969. The molecule has 20 heavy (non-hydrogen) atoms. The van der Waals surface area contributed by atoms with Crippen molar-refractivity contribution in [2.45, 2.75) is 20.4 Å². The van der Waals surface area contributed by atoms with Crippen LogP contribution in [0.15, 0.2) is 59.6 Å². The molecule has 0 saturated carbocycles. The van der Waals surface area contributed by atoms with E-state index in [-0.39, 0.29) is 5.96 Å². The topological polar surface area (TPSA) is 73.6 Å². The Balaban J connectivity index is 0.000000956. The lowest BCUT2D eigenvalue weighted by molar-refractivity contribution is 0.482. The van der Waals surface area contributed by atoms with E-state index >= 15 is 0 Å². The molecule has 4 N–H and O–H groups in total. The summed E-state index contributed by atoms with van der Waals surface area (Å²) in [6, 6.07) is 17.3. The predicted octanol–water partition coefficient (Wildman–Crippen LogP) is 3.28. The van der Waals surface area contributed by atoms with Crippen LogP contribution in [0.3, 0.4) is 0 Å². The summed E-state index contributed by atoms with van der Waals surface area (Å²) in [5, 5.41) is 0. The number of rotatable bonds is 4. The van der Waals surface area contributed by atoms with Crippen LogP contribution in [0.1, 0.15) is 19.4 Å². The molecule has 0 saturated heterocycles. The molecule has 0 fully saturated rings. The van der Waals surface area contributed by atoms with Crippen molar-refractivity contribution in [2.75, 3.05) is 0 Å². The van der Waals surface area contributed by atoms with Gasteiger partial charge in [0.1, 0.15) is 11.5 Å². The fraction of sp³-hybridized carbons (Fsp3) is 0.188. The highest BCUT2D eigenvalue weighted by molar-refractivity contribution is 5.75. The minimum absolute atomic E-state index is 0.0969. The molecule has 0 aliphatic carbocycles. The Hall–Kier alpha value is -2.49. The number of ether oxygens (including phenoxy) is 1. The maximum atomic E-state index is 5.67. The van der Waals surface area contributed by atoms with Crippen LogP contribution in [0.5, 0.6) is 11.5 Å². The van der Waals surface area contributed by atoms with Gasteiger partial charge in [0, 0.05) is 0 Å². The second kappa shape index (κ2) is 8.58. The number of nitrogens with two attached hydrogens (primary N) is 2. The first-order chi connectivity index (χ1) is 9.74. The normalized spacial score (nSPS) is 9.10. The maximum Gasteiger partial charge on any atom is 0.186 e. The van der Waals surface area contributed by atoms with Crippen molar-refractivity contribution < 1.29 is 4.74 Å². The minimum Gasteiger partial charge on any atom is -0.457 e. The van der Waals surface area contributed by atoms with Crippen molar-refractivity contribution in [3.8, 4) is 11.5 Å². The van der Waals surface area contributed by atoms with Crippen LogP contribution in [0.4, 0.5) is 0 Å². The fourth-order valence-electron chi connectivity index (χ4n) is 1.47. The Morgan fingerprint density at radius 3 is 2.00 bits per heavy atom. The number of guanidine groups is 1. The van der Waals surface area contributed by atoms with E-state index in [1.165, 1.54) is 0 Å². The lowest BCUT2D eigenvalue weighted by Crippen LogP contribution is -2.22. The second-order valence-corrected chi connectivity index (χ2v) is 3.80. The van der Waals surface area contributed by atoms with E-state index in [1.807, 2.05) is 68.4 Å². The molecule has 2 rings (SSSR count). The van der Waals surface area contributed by atoms with E-state index < -0.39 is 0 Å². The quantitative estimate of drug-likeness (QED) is 0.662. The van der Waals surface area contributed by atoms with Crippen molar-refractivity contribution in [3.63, 3.8) is 0 Å². The van der Waals surface area contributed by atoms with E-state index in [0.717, 1.165) is 17.1 Å². The molecule has 4 nitrogen and oxygen atoms in total. The average molecular weight is 271 g/mol. The van der Waals surface area contributed by atoms with Crippen LogP contribution in [-0.4, -0.2) is 5.96 Å². The van der Waals surface area contributed by atoms with Gasteiger partial charge in [-0.3, -0.25) is 0 Å². The molecule has 0 spiro atoms. The number of hydrogen-bond acceptors (Lipinski definition) is 2. The van der Waals surface area contributed by atoms with Crippen molar-refractivity contribution >= 4 is 5.96 Å². The van der Waals surface area contributed by atoms with Crippen LogP contribution in [0.25, 0.3) is 0 Å². The molecule has 0 aromatic heterocycles. The zero-order valence-corrected chi connectivity index (χ0v) is 11.9. The molecule has 0 amide bonds. The molecule has 106 valence electrons. The van der Waals surface area contributed by atoms with Crippen LogP contribution in [0, 0.1) is 0 Å². The molecule has 4 heteroatoms. The largest absolute Gasteiger partial charge is 0.457 e. The summed E-state index contributed by atoms with van der Waals surface area (Å²) < 4.78 is 5.67. The summed E-state index contributed by atoms with van der Waals surface area (Å²) in [5.74, 6) is 1.70. The van der Waals surface area contributed by atoms with Gasteiger partial charge in [0.05, 0.1) is 6.54 Å². The van der Waals surface area contributed by atoms with E-state index in [2.05, 4.69) is 4.99 Å². The Morgan fingerprint density at radius 1 is 0.900 bits per heavy atom. The standard InChI is InChI=1S/C14H15N3O.C2H6/c15-14(16)17-10-11-6-8-13(9-7-11)18-12-4-2-1-3-5-12;1-2/h1-9H,10H2,(H4,15,16,17);1-2H3. The fourth-order valence-corrected chi connectivity index (χ4v) is 1.47. The lowest BCUT2D eigenvalue weighted by Gasteiger charge is -2.05. The van der Waals surface area contributed by atoms with E-state index in [0.29, 0.717) is 6.54 Å². The molecule has 0 unspecified atom stereocenters. The van der Waals surface area contributed by atoms with Crippen LogP contribution in [-0.2, 0) is 6.54 Å². The smallest absolute Gasteiger partial charge is 0.186 e. The highest BCUT2D eigenvalue weighted by Crippen LogP contribution is 2.21. The molecule has 0 heterocycles. The van der Waals surface area contributed by atoms with Crippen molar-refractivity contribution in [2.24, 2.45) is 16.5 Å². The highest BCUT2D eigenvalue weighted by atomic mass is 16.5. The molecule has 0 aliphatic rings. The zero-order valence-electron chi connectivity index (χ0n) is 11.9. The number of hydrogen-bond donors (Lipinski definition) is 2. The third-order valence-electron chi connectivity index (χ3n) is 2.35. The zero-order chi connectivity index (χ0) is 14.8. The van der Waals surface area contributed by atoms with Crippen LogP contribution in [0.2, 0.25) is 0 Å². The van der Waals surface area contributed by atoms with Gasteiger partial charge < -0.3 is 16.2 Å². The van der Waals surface area contributed by atoms with Gasteiger partial charge in [-0.2, -0.15) is 0 Å². The van der Waals surface area contributed by atoms with Gasteiger partial charge in [-0.05, 0) is 29.8 Å². The van der Waals surface area contributed by atoms with Gasteiger partial charge in [0.15, 0.2) is 5.96 Å². The monoisotopic (exact) mass is 271 g/mol. The Labute approximate surface area is 120 Å². The second-order valence-electron chi connectivity index (χ2n) is 3.80. The van der Waals surface area contributed by atoms with Crippen LogP contribution < -0.4 is 16.2 Å². The SMILES string of the molecule is CC.NC(N)=NCc1ccc(Oc2ccccc2)cc1. The molecular weight excluding hydrogens is 250 g/mol. The van der Waals surface area contributed by atoms with Crippen molar-refractivity contribution in [1.29, 1.82) is 0 Å². The molecule has 2 aromatic carbocycles. The third kappa shape index (κ3) is 5.44. The first-order valence-electron chi connectivity index (χ1n) is 6.61. The summed E-state index contributed by atoms with van der Waals surface area (Å²) in [7, 11) is 0. The van der Waals surface area contributed by atoms with Gasteiger partial charge in [0.2, 0.25) is 0 Å². The summed E-state index contributed by atoms with van der Waals surface area (Å²) in [6.07, 6.45) is 0. The lowest BCUT2D eigenvalue weighted by atomic mass is 10.2. The summed E-state index contributed by atoms with van der Waals surface area (Å²) in [6.45, 7) is 4.48. The van der Waals surface area contributed by atoms with Gasteiger partial charge in [-0.15, -0.1) is 0 Å². The summed E-state index contributed by atoms with van der Waals surface area (Å²) >= 11 is 0. The van der Waals surface area contributed by atoms with Crippen LogP contribution >= 0.6 is 0 Å². The predicted molar refractivity (Wildman–Crippen MR) is 83.8 cm³/mol. The summed E-state index contributed by atoms with van der Waals surface area (Å²) in [5.41, 5.74) is 11.6. The van der Waals surface area contributed by atoms with Crippen molar-refractivity contribution in [1.82, 2.24) is 0 Å². The molecular formula is C16H21N3O. The Kier molecular flexibility index (Phi) is 6.68. The van der Waals surface area contributed by atoms with Gasteiger partial charge >= 0.3 is 0 Å². The Bertz CT molecular complexity index is 517. The Morgan fingerprint density at radius 2 is 1.45 bits per heavy atom. The number of aliphatic imine (C=N–C) groups is 1. The summed E-state index contributed by atoms with van der Waals surface area (Å²) in [4.78, 5) is 3.94. The third-order valence-corrected chi connectivity index (χ3v) is 2.35. The van der Waals surface area contributed by atoms with E-state index in [9.17, 15) is 0 Å². The first kappa shape index (κ1) is 15.6. The molecule has 2 aromatic rings. The average Bonchev–Trinajstić information content (AvgIpc) is 2.50. The van der Waals surface area contributed by atoms with Gasteiger partial charge in [-0.25, -0.2) is 4.99 Å². The molecule has 0 radical (unpaired) electrons. The number of benzene rings is 2. The van der Waals surface area contributed by atoms with Gasteiger partial charge in [0.25, 0.3) is 0 Å². The van der Waals surface area contributed by atoms with Crippen molar-refractivity contribution in [3.05, 3.63) is 60.2 Å². The molecule has 0 aliphatic heterocycles. The molecule has 0 atom stereocenters. The van der Waals surface area contributed by atoms with Gasteiger partial charge in [-0.1, -0.05) is 44.2 Å². The highest BCUT2D eigenvalue weighted by Gasteiger charge is 1.97. The van der Waals surface area contributed by atoms with E-state index in [1.54, 1.807) is 0 Å². The van der Waals surface area contributed by atoms with E-state index in [4.69, 9.17) is 16.2 Å². The molecule has 0 bridgehead atoms. The number of para-hydroxylation sites is 1. The number of nitrogens with zero attached hydrogens (tertiary/aromatic N) is 1.